The van der Waals surface area contributed by atoms with E-state index < -0.39 is 41.8 Å². The number of benzene rings is 1. The quantitative estimate of drug-likeness (QED) is 0.660. The van der Waals surface area contributed by atoms with Crippen LogP contribution in [0.1, 0.15) is 45.0 Å². The monoisotopic (exact) mass is 391 g/mol. The summed E-state index contributed by atoms with van der Waals surface area (Å²) in [5.41, 5.74) is -0.892. The highest BCUT2D eigenvalue weighted by atomic mass is 19.1. The molecule has 1 rings (SSSR count). The summed E-state index contributed by atoms with van der Waals surface area (Å²) < 4.78 is 18.0. The summed E-state index contributed by atoms with van der Waals surface area (Å²) in [6.07, 6.45) is 0. The zero-order chi connectivity index (χ0) is 21.5. The molecule has 7 nitrogen and oxygen atoms in total. The lowest BCUT2D eigenvalue weighted by atomic mass is 9.90. The number of halogens is 1. The van der Waals surface area contributed by atoms with Crippen molar-refractivity contribution in [2.24, 2.45) is 11.8 Å². The number of nitrogens with zero attached hydrogens (tertiary/aromatic N) is 1. The fourth-order valence-electron chi connectivity index (χ4n) is 2.18. The number of nitriles is 1. The first-order valence-corrected chi connectivity index (χ1v) is 8.95. The Morgan fingerprint density at radius 2 is 1.75 bits per heavy atom. The van der Waals surface area contributed by atoms with Crippen LogP contribution in [0.15, 0.2) is 24.3 Å². The Bertz CT molecular complexity index is 756. The van der Waals surface area contributed by atoms with Crippen LogP contribution in [0.2, 0.25) is 0 Å². The molecule has 0 aliphatic heterocycles. The molecule has 1 aromatic carbocycles. The summed E-state index contributed by atoms with van der Waals surface area (Å²) in [6.45, 7) is 8.01. The molecule has 0 bridgehead atoms. The molecule has 0 saturated heterocycles. The van der Waals surface area contributed by atoms with Crippen molar-refractivity contribution in [2.45, 2.75) is 46.2 Å². The smallest absolute Gasteiger partial charge is 0.329 e. The summed E-state index contributed by atoms with van der Waals surface area (Å²) in [5.74, 6) is -2.87. The number of hydrogen-bond donors (Lipinski definition) is 2. The first-order chi connectivity index (χ1) is 13.0. The van der Waals surface area contributed by atoms with E-state index in [1.54, 1.807) is 34.6 Å². The number of amides is 2. The summed E-state index contributed by atoms with van der Waals surface area (Å²) in [4.78, 5) is 36.6. The second kappa shape index (κ2) is 9.83. The SMILES string of the molecule is CC(C)[C@H](NC(=O)c1ccc(F)cc1)C(=O)OCC(=O)N[C@](C)(C#N)C(C)C. The predicted molar refractivity (Wildman–Crippen MR) is 100 cm³/mol. The fraction of sp³-hybridized carbons (Fsp3) is 0.500. The third-order valence-electron chi connectivity index (χ3n) is 4.45. The molecule has 0 unspecified atom stereocenters. The van der Waals surface area contributed by atoms with E-state index >= 15 is 0 Å². The number of carbonyl (C=O) groups is 3. The van der Waals surface area contributed by atoms with Gasteiger partial charge in [-0.3, -0.25) is 9.59 Å². The standard InChI is InChI=1S/C20H26FN3O4/c1-12(2)17(23-18(26)14-6-8-15(21)9-7-14)19(27)28-10-16(25)24-20(5,11-22)13(3)4/h6-9,12-13,17H,10H2,1-5H3,(H,23,26)(H,24,25)/t17-,20+/m0/s1. The van der Waals surface area contributed by atoms with Gasteiger partial charge in [0.05, 0.1) is 6.07 Å². The summed E-state index contributed by atoms with van der Waals surface area (Å²) in [6, 6.07) is 5.93. The highest BCUT2D eigenvalue weighted by molar-refractivity contribution is 5.97. The van der Waals surface area contributed by atoms with Gasteiger partial charge in [0.15, 0.2) is 6.61 Å². The highest BCUT2D eigenvalue weighted by Gasteiger charge is 2.31. The van der Waals surface area contributed by atoms with Gasteiger partial charge in [0, 0.05) is 5.56 Å². The van der Waals surface area contributed by atoms with Gasteiger partial charge in [-0.25, -0.2) is 9.18 Å². The molecule has 8 heteroatoms. The van der Waals surface area contributed by atoms with Crippen molar-refractivity contribution in [3.8, 4) is 6.07 Å². The lowest BCUT2D eigenvalue weighted by molar-refractivity contribution is -0.151. The van der Waals surface area contributed by atoms with Crippen LogP contribution in [0.4, 0.5) is 4.39 Å². The molecule has 0 saturated carbocycles. The van der Waals surface area contributed by atoms with E-state index in [0.29, 0.717) is 0 Å². The molecule has 0 aliphatic rings. The van der Waals surface area contributed by atoms with Crippen LogP contribution < -0.4 is 10.6 Å². The van der Waals surface area contributed by atoms with Gasteiger partial charge in [-0.2, -0.15) is 5.26 Å². The summed E-state index contributed by atoms with van der Waals surface area (Å²) in [7, 11) is 0. The molecule has 0 radical (unpaired) electrons. The maximum Gasteiger partial charge on any atom is 0.329 e. The van der Waals surface area contributed by atoms with E-state index in [1.165, 1.54) is 12.1 Å². The molecule has 2 amide bonds. The van der Waals surface area contributed by atoms with Crippen LogP contribution in [-0.2, 0) is 14.3 Å². The van der Waals surface area contributed by atoms with Crippen molar-refractivity contribution in [3.05, 3.63) is 35.6 Å². The zero-order valence-electron chi connectivity index (χ0n) is 16.7. The van der Waals surface area contributed by atoms with Gasteiger partial charge in [0.2, 0.25) is 0 Å². The number of carbonyl (C=O) groups excluding carboxylic acids is 3. The summed E-state index contributed by atoms with van der Waals surface area (Å²) in [5, 5.41) is 14.3. The van der Waals surface area contributed by atoms with Crippen molar-refractivity contribution in [1.29, 1.82) is 5.26 Å². The Morgan fingerprint density at radius 1 is 1.18 bits per heavy atom. The Morgan fingerprint density at radius 3 is 2.21 bits per heavy atom. The molecular weight excluding hydrogens is 365 g/mol. The molecule has 1 aromatic rings. The van der Waals surface area contributed by atoms with Crippen LogP contribution in [0.5, 0.6) is 0 Å². The van der Waals surface area contributed by atoms with Crippen molar-refractivity contribution in [2.75, 3.05) is 6.61 Å². The van der Waals surface area contributed by atoms with E-state index in [1.807, 2.05) is 6.07 Å². The number of rotatable bonds is 8. The number of nitrogens with one attached hydrogen (secondary N) is 2. The lowest BCUT2D eigenvalue weighted by Crippen LogP contribution is -2.51. The molecule has 152 valence electrons. The molecule has 28 heavy (non-hydrogen) atoms. The van der Waals surface area contributed by atoms with Crippen LogP contribution in [-0.4, -0.2) is 36.0 Å². The summed E-state index contributed by atoms with van der Waals surface area (Å²) >= 11 is 0. The van der Waals surface area contributed by atoms with Crippen molar-refractivity contribution in [1.82, 2.24) is 10.6 Å². The Balaban J connectivity index is 2.70. The van der Waals surface area contributed by atoms with Gasteiger partial charge in [-0.05, 0) is 43.0 Å². The minimum absolute atomic E-state index is 0.143. The molecule has 0 heterocycles. The average Bonchev–Trinajstić information content (AvgIpc) is 2.63. The maximum absolute atomic E-state index is 13.0. The van der Waals surface area contributed by atoms with E-state index in [9.17, 15) is 24.0 Å². The molecule has 0 aromatic heterocycles. The Labute approximate surface area is 164 Å². The topological polar surface area (TPSA) is 108 Å². The lowest BCUT2D eigenvalue weighted by Gasteiger charge is -2.27. The molecule has 0 aliphatic carbocycles. The van der Waals surface area contributed by atoms with Crippen LogP contribution in [0.25, 0.3) is 0 Å². The minimum Gasteiger partial charge on any atom is -0.454 e. The van der Waals surface area contributed by atoms with Crippen LogP contribution in [0.3, 0.4) is 0 Å². The first kappa shape index (κ1) is 23.1. The van der Waals surface area contributed by atoms with Gasteiger partial charge in [-0.15, -0.1) is 0 Å². The minimum atomic E-state index is -1.09. The van der Waals surface area contributed by atoms with Crippen LogP contribution in [0, 0.1) is 29.0 Å². The Kier molecular flexibility index (Phi) is 8.11. The number of ether oxygens (including phenoxy) is 1. The van der Waals surface area contributed by atoms with E-state index in [-0.39, 0.29) is 17.4 Å². The predicted octanol–water partition coefficient (Wildman–Crippen LogP) is 2.18. The van der Waals surface area contributed by atoms with Crippen LogP contribution >= 0.6 is 0 Å². The van der Waals surface area contributed by atoms with Crippen molar-refractivity contribution in [3.63, 3.8) is 0 Å². The largest absolute Gasteiger partial charge is 0.454 e. The van der Waals surface area contributed by atoms with Crippen molar-refractivity contribution >= 4 is 17.8 Å². The second-order valence-corrected chi connectivity index (χ2v) is 7.33. The fourth-order valence-corrected chi connectivity index (χ4v) is 2.18. The van der Waals surface area contributed by atoms with Gasteiger partial charge in [0.1, 0.15) is 17.4 Å². The van der Waals surface area contributed by atoms with Gasteiger partial charge in [0.25, 0.3) is 11.8 Å². The third-order valence-corrected chi connectivity index (χ3v) is 4.45. The van der Waals surface area contributed by atoms with Crippen molar-refractivity contribution < 1.29 is 23.5 Å². The van der Waals surface area contributed by atoms with Gasteiger partial charge < -0.3 is 15.4 Å². The maximum atomic E-state index is 13.0. The molecule has 0 fully saturated rings. The van der Waals surface area contributed by atoms with Gasteiger partial charge >= 0.3 is 5.97 Å². The third kappa shape index (κ3) is 6.34. The molecule has 0 spiro atoms. The molecule has 2 N–H and O–H groups in total. The zero-order valence-corrected chi connectivity index (χ0v) is 16.7. The highest BCUT2D eigenvalue weighted by Crippen LogP contribution is 2.15. The van der Waals surface area contributed by atoms with E-state index in [2.05, 4.69) is 10.6 Å². The number of hydrogen-bond acceptors (Lipinski definition) is 5. The molecule has 2 atom stereocenters. The average molecular weight is 391 g/mol. The normalized spacial score (nSPS) is 14.0. The Hall–Kier alpha value is -2.95. The van der Waals surface area contributed by atoms with E-state index in [4.69, 9.17) is 4.74 Å². The molecular formula is C20H26FN3O4. The second-order valence-electron chi connectivity index (χ2n) is 7.33. The van der Waals surface area contributed by atoms with E-state index in [0.717, 1.165) is 12.1 Å². The first-order valence-electron chi connectivity index (χ1n) is 8.95. The van der Waals surface area contributed by atoms with Gasteiger partial charge in [-0.1, -0.05) is 27.7 Å². The number of esters is 1.